The molecule has 0 fully saturated rings. The average Bonchev–Trinajstić information content (AvgIpc) is 2.96. The molecule has 0 unspecified atom stereocenters. The van der Waals surface area contributed by atoms with Gasteiger partial charge in [0.15, 0.2) is 5.69 Å². The molecule has 2 aromatic rings. The van der Waals surface area contributed by atoms with Gasteiger partial charge in [-0.15, -0.1) is 11.3 Å². The first-order valence-corrected chi connectivity index (χ1v) is 6.76. The van der Waals surface area contributed by atoms with E-state index in [9.17, 15) is 9.59 Å². The van der Waals surface area contributed by atoms with Gasteiger partial charge in [0.05, 0.1) is 17.0 Å². The third-order valence-corrected chi connectivity index (χ3v) is 3.69. The number of carboxylic acid groups (broad SMARTS) is 1. The van der Waals surface area contributed by atoms with Crippen molar-refractivity contribution in [2.75, 3.05) is 6.54 Å². The summed E-state index contributed by atoms with van der Waals surface area (Å²) < 4.78 is 1.62. The van der Waals surface area contributed by atoms with Crippen molar-refractivity contribution in [1.29, 1.82) is 0 Å². The molecule has 7 nitrogen and oxygen atoms in total. The fourth-order valence-electron chi connectivity index (χ4n) is 1.71. The highest BCUT2D eigenvalue weighted by atomic mass is 32.1. The number of aromatic nitrogens is 3. The molecule has 0 atom stereocenters. The molecule has 0 aliphatic carbocycles. The number of rotatable bonds is 5. The number of hydrogen-bond donors (Lipinski definition) is 2. The highest BCUT2D eigenvalue weighted by Gasteiger charge is 2.13. The molecule has 2 N–H and O–H groups in total. The van der Waals surface area contributed by atoms with Crippen molar-refractivity contribution < 1.29 is 14.7 Å². The van der Waals surface area contributed by atoms with Crippen molar-refractivity contribution in [3.63, 3.8) is 0 Å². The van der Waals surface area contributed by atoms with Gasteiger partial charge in [0.25, 0.3) is 5.91 Å². The highest BCUT2D eigenvalue weighted by Crippen LogP contribution is 2.16. The van der Waals surface area contributed by atoms with Crippen molar-refractivity contribution in [2.24, 2.45) is 0 Å². The maximum Gasteiger partial charge on any atom is 0.356 e. The number of carbonyl (C=O) groups is 2. The van der Waals surface area contributed by atoms with Crippen LogP contribution in [0.4, 0.5) is 0 Å². The third kappa shape index (κ3) is 3.21. The van der Waals surface area contributed by atoms with Crippen molar-refractivity contribution in [2.45, 2.75) is 20.4 Å². The topological polar surface area (TPSA) is 97.1 Å². The maximum absolute atomic E-state index is 11.9. The monoisotopic (exact) mass is 294 g/mol. The largest absolute Gasteiger partial charge is 0.476 e. The Morgan fingerprint density at radius 2 is 2.20 bits per heavy atom. The fourth-order valence-corrected chi connectivity index (χ4v) is 2.55. The Labute approximate surface area is 119 Å². The Morgan fingerprint density at radius 3 is 2.75 bits per heavy atom. The lowest BCUT2D eigenvalue weighted by molar-refractivity contribution is 0.0690. The van der Waals surface area contributed by atoms with Gasteiger partial charge in [-0.2, -0.15) is 0 Å². The number of amides is 1. The van der Waals surface area contributed by atoms with E-state index in [4.69, 9.17) is 5.11 Å². The molecule has 0 spiro atoms. The van der Waals surface area contributed by atoms with Crippen LogP contribution in [0.3, 0.4) is 0 Å². The Hall–Kier alpha value is -2.22. The van der Waals surface area contributed by atoms with Crippen LogP contribution in [-0.4, -0.2) is 38.1 Å². The van der Waals surface area contributed by atoms with E-state index in [1.54, 1.807) is 11.5 Å². The van der Waals surface area contributed by atoms with Gasteiger partial charge >= 0.3 is 5.97 Å². The normalized spacial score (nSPS) is 10.5. The molecular formula is C12H14N4O3S. The van der Waals surface area contributed by atoms with E-state index in [1.807, 2.05) is 6.92 Å². The highest BCUT2D eigenvalue weighted by molar-refractivity contribution is 7.13. The summed E-state index contributed by atoms with van der Waals surface area (Å²) in [5.41, 5.74) is 0.714. The molecule has 2 heterocycles. The molecule has 0 saturated heterocycles. The first kappa shape index (κ1) is 14.2. The second kappa shape index (κ2) is 5.83. The van der Waals surface area contributed by atoms with E-state index >= 15 is 0 Å². The zero-order chi connectivity index (χ0) is 14.7. The molecule has 0 aliphatic heterocycles. The SMILES string of the molecule is Cc1nc(C)c(C(=O)NCCn2cnc(C(=O)O)c2)s1. The molecule has 0 saturated carbocycles. The first-order chi connectivity index (χ1) is 9.47. The summed E-state index contributed by atoms with van der Waals surface area (Å²) in [4.78, 5) is 31.1. The second-order valence-electron chi connectivity index (χ2n) is 4.21. The molecule has 0 aliphatic rings. The maximum atomic E-state index is 11.9. The van der Waals surface area contributed by atoms with Gasteiger partial charge < -0.3 is 15.0 Å². The number of carboxylic acids is 1. The Bertz CT molecular complexity index is 647. The number of aromatic carboxylic acids is 1. The van der Waals surface area contributed by atoms with Crippen LogP contribution in [0.5, 0.6) is 0 Å². The van der Waals surface area contributed by atoms with Crippen molar-refractivity contribution in [1.82, 2.24) is 19.9 Å². The number of hydrogen-bond acceptors (Lipinski definition) is 5. The molecular weight excluding hydrogens is 280 g/mol. The van der Waals surface area contributed by atoms with E-state index in [2.05, 4.69) is 15.3 Å². The number of thiazole rings is 1. The molecule has 8 heteroatoms. The summed E-state index contributed by atoms with van der Waals surface area (Å²) in [6.45, 7) is 4.51. The van der Waals surface area contributed by atoms with Crippen molar-refractivity contribution in [3.8, 4) is 0 Å². The molecule has 106 valence electrons. The van der Waals surface area contributed by atoms with Crippen LogP contribution in [0.2, 0.25) is 0 Å². The Morgan fingerprint density at radius 1 is 1.45 bits per heavy atom. The molecule has 20 heavy (non-hydrogen) atoms. The summed E-state index contributed by atoms with van der Waals surface area (Å²) >= 11 is 1.36. The molecule has 2 aromatic heterocycles. The van der Waals surface area contributed by atoms with Gasteiger partial charge in [0.2, 0.25) is 0 Å². The zero-order valence-electron chi connectivity index (χ0n) is 11.1. The number of imidazole rings is 1. The van der Waals surface area contributed by atoms with Gasteiger partial charge in [-0.1, -0.05) is 0 Å². The molecule has 0 aromatic carbocycles. The van der Waals surface area contributed by atoms with E-state index in [0.29, 0.717) is 18.0 Å². The molecule has 0 bridgehead atoms. The minimum Gasteiger partial charge on any atom is -0.476 e. The van der Waals surface area contributed by atoms with Gasteiger partial charge in [-0.25, -0.2) is 14.8 Å². The van der Waals surface area contributed by atoms with Gasteiger partial charge in [0.1, 0.15) is 4.88 Å². The lowest BCUT2D eigenvalue weighted by Gasteiger charge is -2.04. The average molecular weight is 294 g/mol. The Balaban J connectivity index is 1.87. The van der Waals surface area contributed by atoms with E-state index < -0.39 is 5.97 Å². The fraction of sp³-hybridized carbons (Fsp3) is 0.333. The minimum absolute atomic E-state index is 0.00903. The molecule has 2 rings (SSSR count). The van der Waals surface area contributed by atoms with Crippen LogP contribution in [-0.2, 0) is 6.54 Å². The van der Waals surface area contributed by atoms with Crippen LogP contribution >= 0.6 is 11.3 Å². The van der Waals surface area contributed by atoms with Crippen LogP contribution in [0.15, 0.2) is 12.5 Å². The quantitative estimate of drug-likeness (QED) is 0.860. The van der Waals surface area contributed by atoms with Crippen molar-refractivity contribution >= 4 is 23.2 Å². The van der Waals surface area contributed by atoms with Crippen molar-refractivity contribution in [3.05, 3.63) is 33.8 Å². The van der Waals surface area contributed by atoms with E-state index in [1.165, 1.54) is 23.9 Å². The van der Waals surface area contributed by atoms with Crippen LogP contribution in [0.1, 0.15) is 30.9 Å². The smallest absolute Gasteiger partial charge is 0.356 e. The summed E-state index contributed by atoms with van der Waals surface area (Å²) in [6.07, 6.45) is 2.86. The predicted molar refractivity (Wildman–Crippen MR) is 73.1 cm³/mol. The van der Waals surface area contributed by atoms with Gasteiger partial charge in [0, 0.05) is 19.3 Å². The number of carbonyl (C=O) groups excluding carboxylic acids is 1. The third-order valence-electron chi connectivity index (χ3n) is 2.62. The second-order valence-corrected chi connectivity index (χ2v) is 5.41. The molecule has 1 amide bonds. The van der Waals surface area contributed by atoms with Crippen LogP contribution in [0, 0.1) is 13.8 Å². The first-order valence-electron chi connectivity index (χ1n) is 5.94. The summed E-state index contributed by atoms with van der Waals surface area (Å²) in [5, 5.41) is 12.4. The summed E-state index contributed by atoms with van der Waals surface area (Å²) in [6, 6.07) is 0. The van der Waals surface area contributed by atoms with Gasteiger partial charge in [-0.05, 0) is 13.8 Å². The molecule has 0 radical (unpaired) electrons. The van der Waals surface area contributed by atoms with Crippen LogP contribution in [0.25, 0.3) is 0 Å². The van der Waals surface area contributed by atoms with E-state index in [-0.39, 0.29) is 11.6 Å². The van der Waals surface area contributed by atoms with Gasteiger partial charge in [-0.3, -0.25) is 4.79 Å². The van der Waals surface area contributed by atoms with Crippen LogP contribution < -0.4 is 5.32 Å². The summed E-state index contributed by atoms with van der Waals surface area (Å²) in [5.74, 6) is -1.23. The number of aryl methyl sites for hydroxylation is 2. The zero-order valence-corrected chi connectivity index (χ0v) is 11.9. The lowest BCUT2D eigenvalue weighted by atomic mass is 10.3. The summed E-state index contributed by atoms with van der Waals surface area (Å²) in [7, 11) is 0. The predicted octanol–water partition coefficient (Wildman–Crippen LogP) is 1.08. The van der Waals surface area contributed by atoms with E-state index in [0.717, 1.165) is 10.7 Å². The minimum atomic E-state index is -1.07. The number of nitrogens with zero attached hydrogens (tertiary/aromatic N) is 3. The number of nitrogens with one attached hydrogen (secondary N) is 1. The Kier molecular flexibility index (Phi) is 4.14. The standard InChI is InChI=1S/C12H14N4O3S/c1-7-10(20-8(2)15-7)11(17)13-3-4-16-5-9(12(18)19)14-6-16/h5-6H,3-4H2,1-2H3,(H,13,17)(H,18,19). The lowest BCUT2D eigenvalue weighted by Crippen LogP contribution is -2.26.